The van der Waals surface area contributed by atoms with Crippen molar-refractivity contribution in [3.05, 3.63) is 33.9 Å². The number of hydrogen-bond donors (Lipinski definition) is 1. The zero-order valence-electron chi connectivity index (χ0n) is 9.95. The Labute approximate surface area is 103 Å². The molecule has 7 heteroatoms. The molecule has 1 unspecified atom stereocenters. The average molecular weight is 255 g/mol. The van der Waals surface area contributed by atoms with Gasteiger partial charge in [0.15, 0.2) is 0 Å². The molecule has 18 heavy (non-hydrogen) atoms. The summed E-state index contributed by atoms with van der Waals surface area (Å²) in [7, 11) is 1.34. The monoisotopic (exact) mass is 255 g/mol. The predicted octanol–water partition coefficient (Wildman–Crippen LogP) is 1.38. The van der Waals surface area contributed by atoms with Crippen molar-refractivity contribution in [3.8, 4) is 5.75 Å². The lowest BCUT2D eigenvalue weighted by Gasteiger charge is -2.14. The molecule has 1 aromatic carbocycles. The van der Waals surface area contributed by atoms with Gasteiger partial charge < -0.3 is 14.6 Å². The molecular weight excluding hydrogens is 242 g/mol. The van der Waals surface area contributed by atoms with Crippen LogP contribution < -0.4 is 4.74 Å². The predicted molar refractivity (Wildman–Crippen MR) is 61.8 cm³/mol. The highest BCUT2D eigenvalue weighted by molar-refractivity contribution is 5.73. The van der Waals surface area contributed by atoms with E-state index in [1.165, 1.54) is 25.3 Å². The molecule has 0 amide bonds. The van der Waals surface area contributed by atoms with Crippen molar-refractivity contribution < 1.29 is 24.3 Å². The highest BCUT2D eigenvalue weighted by Crippen LogP contribution is 2.24. The summed E-state index contributed by atoms with van der Waals surface area (Å²) in [6.45, 7) is 1.45. The molecule has 1 aromatic rings. The zero-order valence-corrected chi connectivity index (χ0v) is 9.95. The second-order valence-corrected chi connectivity index (χ2v) is 3.61. The third kappa shape index (κ3) is 3.42. The minimum Gasteiger partial charge on any atom is -0.478 e. The number of aliphatic carboxylic acids is 1. The standard InChI is InChI=1S/C11H13NO6/c1-7-3-4-8(5-9(7)12(15)16)18-10(6-17-2)11(13)14/h3-5,10H,6H2,1-2H3,(H,13,14). The van der Waals surface area contributed by atoms with Crippen LogP contribution in [0, 0.1) is 17.0 Å². The number of carbonyl (C=O) groups is 1. The summed E-state index contributed by atoms with van der Waals surface area (Å²) in [5.41, 5.74) is 0.361. The minimum absolute atomic E-state index is 0.117. The Kier molecular flexibility index (Phi) is 4.61. The van der Waals surface area contributed by atoms with E-state index in [0.717, 1.165) is 0 Å². The van der Waals surface area contributed by atoms with Crippen LogP contribution >= 0.6 is 0 Å². The van der Waals surface area contributed by atoms with Crippen LogP contribution in [-0.4, -0.2) is 35.8 Å². The van der Waals surface area contributed by atoms with Crippen molar-refractivity contribution in [2.75, 3.05) is 13.7 Å². The van der Waals surface area contributed by atoms with Crippen molar-refractivity contribution >= 4 is 11.7 Å². The SMILES string of the molecule is COCC(Oc1ccc(C)c([N+](=O)[O-])c1)C(=O)O. The number of ether oxygens (including phenoxy) is 2. The summed E-state index contributed by atoms with van der Waals surface area (Å²) < 4.78 is 9.83. The van der Waals surface area contributed by atoms with Gasteiger partial charge in [0.05, 0.1) is 17.6 Å². The van der Waals surface area contributed by atoms with Crippen LogP contribution in [0.1, 0.15) is 5.56 Å². The average Bonchev–Trinajstić information content (AvgIpc) is 2.30. The molecule has 0 saturated heterocycles. The number of carboxylic acid groups (broad SMARTS) is 1. The first-order chi connectivity index (χ1) is 8.45. The maximum Gasteiger partial charge on any atom is 0.347 e. The summed E-state index contributed by atoms with van der Waals surface area (Å²) in [5.74, 6) is -1.07. The summed E-state index contributed by atoms with van der Waals surface area (Å²) >= 11 is 0. The number of benzene rings is 1. The summed E-state index contributed by atoms with van der Waals surface area (Å²) in [6, 6.07) is 4.17. The van der Waals surface area contributed by atoms with Crippen molar-refractivity contribution in [1.29, 1.82) is 0 Å². The van der Waals surface area contributed by atoms with E-state index in [2.05, 4.69) is 0 Å². The van der Waals surface area contributed by atoms with E-state index in [9.17, 15) is 14.9 Å². The van der Waals surface area contributed by atoms with Crippen molar-refractivity contribution in [2.45, 2.75) is 13.0 Å². The Bertz CT molecular complexity index is 459. The summed E-state index contributed by atoms with van der Waals surface area (Å²) in [4.78, 5) is 21.0. The molecule has 0 radical (unpaired) electrons. The van der Waals surface area contributed by atoms with Gasteiger partial charge >= 0.3 is 5.97 Å². The van der Waals surface area contributed by atoms with Gasteiger partial charge in [-0.25, -0.2) is 4.79 Å². The number of hydrogen-bond acceptors (Lipinski definition) is 5. The fourth-order valence-electron chi connectivity index (χ4n) is 1.33. The molecule has 1 atom stereocenters. The topological polar surface area (TPSA) is 98.9 Å². The second-order valence-electron chi connectivity index (χ2n) is 3.61. The molecule has 0 bridgehead atoms. The third-order valence-corrected chi connectivity index (χ3v) is 2.25. The second kappa shape index (κ2) is 5.97. The molecule has 0 aliphatic heterocycles. The lowest BCUT2D eigenvalue weighted by molar-refractivity contribution is -0.385. The number of aryl methyl sites for hydroxylation is 1. The van der Waals surface area contributed by atoms with Gasteiger partial charge in [-0.3, -0.25) is 10.1 Å². The van der Waals surface area contributed by atoms with Gasteiger partial charge in [-0.1, -0.05) is 0 Å². The maximum atomic E-state index is 10.8. The van der Waals surface area contributed by atoms with Crippen LogP contribution in [0.5, 0.6) is 5.75 Å². The van der Waals surface area contributed by atoms with Crippen LogP contribution in [0.25, 0.3) is 0 Å². The van der Waals surface area contributed by atoms with Gasteiger partial charge in [-0.15, -0.1) is 0 Å². The number of carboxylic acids is 1. The van der Waals surface area contributed by atoms with Crippen molar-refractivity contribution in [3.63, 3.8) is 0 Å². The lowest BCUT2D eigenvalue weighted by Crippen LogP contribution is -2.31. The molecule has 0 saturated carbocycles. The molecule has 0 aliphatic rings. The zero-order chi connectivity index (χ0) is 13.7. The van der Waals surface area contributed by atoms with Crippen LogP contribution in [0.4, 0.5) is 5.69 Å². The molecule has 98 valence electrons. The van der Waals surface area contributed by atoms with Crippen LogP contribution in [-0.2, 0) is 9.53 Å². The van der Waals surface area contributed by atoms with Crippen molar-refractivity contribution in [1.82, 2.24) is 0 Å². The molecule has 1 N–H and O–H groups in total. The number of nitro groups is 1. The Morgan fingerprint density at radius 3 is 2.72 bits per heavy atom. The van der Waals surface area contributed by atoms with E-state index in [0.29, 0.717) is 5.56 Å². The number of methoxy groups -OCH3 is 1. The Morgan fingerprint density at radius 2 is 2.22 bits per heavy atom. The molecular formula is C11H13NO6. The van der Waals surface area contributed by atoms with E-state index in [-0.39, 0.29) is 18.0 Å². The molecule has 0 fully saturated rings. The fraction of sp³-hybridized carbons (Fsp3) is 0.364. The highest BCUT2D eigenvalue weighted by atomic mass is 16.6. The van der Waals surface area contributed by atoms with E-state index < -0.39 is 17.0 Å². The van der Waals surface area contributed by atoms with Gasteiger partial charge in [0, 0.05) is 12.7 Å². The molecule has 1 rings (SSSR count). The third-order valence-electron chi connectivity index (χ3n) is 2.25. The highest BCUT2D eigenvalue weighted by Gasteiger charge is 2.20. The van der Waals surface area contributed by atoms with Gasteiger partial charge in [0.25, 0.3) is 5.69 Å². The summed E-state index contributed by atoms with van der Waals surface area (Å²) in [6.07, 6.45) is -1.20. The minimum atomic E-state index is -1.20. The first-order valence-corrected chi connectivity index (χ1v) is 5.09. The molecule has 0 spiro atoms. The Hall–Kier alpha value is -2.15. The van der Waals surface area contributed by atoms with E-state index >= 15 is 0 Å². The van der Waals surface area contributed by atoms with Gasteiger partial charge in [0.1, 0.15) is 5.75 Å². The molecule has 7 nitrogen and oxygen atoms in total. The van der Waals surface area contributed by atoms with Crippen LogP contribution in [0.15, 0.2) is 18.2 Å². The van der Waals surface area contributed by atoms with Crippen LogP contribution in [0.3, 0.4) is 0 Å². The lowest BCUT2D eigenvalue weighted by atomic mass is 10.2. The molecule has 0 aliphatic carbocycles. The first-order valence-electron chi connectivity index (χ1n) is 5.09. The Balaban J connectivity index is 2.93. The quantitative estimate of drug-likeness (QED) is 0.609. The molecule has 0 aromatic heterocycles. The summed E-state index contributed by atoms with van der Waals surface area (Å²) in [5, 5.41) is 19.6. The van der Waals surface area contributed by atoms with E-state index in [1.807, 2.05) is 0 Å². The number of nitro benzene ring substituents is 1. The van der Waals surface area contributed by atoms with Crippen molar-refractivity contribution in [2.24, 2.45) is 0 Å². The smallest absolute Gasteiger partial charge is 0.347 e. The van der Waals surface area contributed by atoms with E-state index in [4.69, 9.17) is 14.6 Å². The normalized spacial score (nSPS) is 11.9. The van der Waals surface area contributed by atoms with Gasteiger partial charge in [-0.05, 0) is 19.1 Å². The number of nitrogens with zero attached hydrogens (tertiary/aromatic N) is 1. The van der Waals surface area contributed by atoms with Crippen LogP contribution in [0.2, 0.25) is 0 Å². The number of rotatable bonds is 6. The van der Waals surface area contributed by atoms with E-state index in [1.54, 1.807) is 6.92 Å². The first kappa shape index (κ1) is 13.9. The largest absolute Gasteiger partial charge is 0.478 e. The fourth-order valence-corrected chi connectivity index (χ4v) is 1.33. The molecule has 0 heterocycles. The maximum absolute atomic E-state index is 10.8. The van der Waals surface area contributed by atoms with Gasteiger partial charge in [0.2, 0.25) is 6.10 Å². The Morgan fingerprint density at radius 1 is 1.56 bits per heavy atom. The van der Waals surface area contributed by atoms with Gasteiger partial charge in [-0.2, -0.15) is 0 Å².